The van der Waals surface area contributed by atoms with Crippen LogP contribution in [0.1, 0.15) is 25.7 Å². The fourth-order valence-electron chi connectivity index (χ4n) is 3.07. The molecule has 2 bridgehead atoms. The zero-order chi connectivity index (χ0) is 10.3. The van der Waals surface area contributed by atoms with E-state index in [9.17, 15) is 0 Å². The first kappa shape index (κ1) is 8.95. The van der Waals surface area contributed by atoms with Crippen molar-refractivity contribution in [1.82, 2.24) is 9.97 Å². The molecule has 0 amide bonds. The van der Waals surface area contributed by atoms with Gasteiger partial charge in [0, 0.05) is 12.2 Å². The number of fused-ring (bicyclic) bond motifs is 2. The topological polar surface area (TPSA) is 63.8 Å². The lowest BCUT2D eigenvalue weighted by molar-refractivity contribution is 0.439. The van der Waals surface area contributed by atoms with E-state index in [4.69, 9.17) is 5.73 Å². The van der Waals surface area contributed by atoms with Crippen molar-refractivity contribution in [1.29, 1.82) is 0 Å². The average molecular weight is 204 g/mol. The van der Waals surface area contributed by atoms with Crippen molar-refractivity contribution >= 4 is 11.8 Å². The van der Waals surface area contributed by atoms with Crippen LogP contribution in [-0.2, 0) is 0 Å². The zero-order valence-electron chi connectivity index (χ0n) is 8.69. The summed E-state index contributed by atoms with van der Waals surface area (Å²) in [4.78, 5) is 8.06. The molecule has 2 aliphatic rings. The third kappa shape index (κ3) is 1.64. The maximum atomic E-state index is 5.55. The fraction of sp³-hybridized carbons (Fsp3) is 0.636. The molecule has 3 unspecified atom stereocenters. The van der Waals surface area contributed by atoms with E-state index >= 15 is 0 Å². The first-order valence-corrected chi connectivity index (χ1v) is 5.66. The fourth-order valence-corrected chi connectivity index (χ4v) is 3.07. The number of rotatable bonds is 2. The molecule has 3 N–H and O–H groups in total. The second-order valence-electron chi connectivity index (χ2n) is 4.73. The van der Waals surface area contributed by atoms with Crippen LogP contribution in [0, 0.1) is 11.8 Å². The number of nitrogens with two attached hydrogens (primary N) is 1. The standard InChI is InChI=1S/C11H16N4/c12-11-13-4-3-10(15-11)14-9-6-7-1-2-8(9)5-7/h3-4,7-9H,1-2,5-6H2,(H3,12,13,14,15). The van der Waals surface area contributed by atoms with Crippen molar-refractivity contribution in [3.8, 4) is 0 Å². The zero-order valence-corrected chi connectivity index (χ0v) is 8.69. The summed E-state index contributed by atoms with van der Waals surface area (Å²) in [5.74, 6) is 3.03. The Morgan fingerprint density at radius 1 is 1.33 bits per heavy atom. The van der Waals surface area contributed by atoms with Gasteiger partial charge in [0.2, 0.25) is 5.95 Å². The number of nitrogens with one attached hydrogen (secondary N) is 1. The van der Waals surface area contributed by atoms with Gasteiger partial charge in [-0.25, -0.2) is 4.98 Å². The second kappa shape index (κ2) is 3.36. The van der Waals surface area contributed by atoms with E-state index in [0.717, 1.165) is 17.7 Å². The van der Waals surface area contributed by atoms with E-state index in [1.807, 2.05) is 6.07 Å². The van der Waals surface area contributed by atoms with Gasteiger partial charge in [0.1, 0.15) is 5.82 Å². The molecule has 15 heavy (non-hydrogen) atoms. The Morgan fingerprint density at radius 2 is 2.27 bits per heavy atom. The number of anilines is 2. The van der Waals surface area contributed by atoms with Crippen molar-refractivity contribution in [3.05, 3.63) is 12.3 Å². The molecule has 1 aromatic heterocycles. The Hall–Kier alpha value is -1.32. The van der Waals surface area contributed by atoms with Crippen molar-refractivity contribution in [2.24, 2.45) is 11.8 Å². The lowest BCUT2D eigenvalue weighted by Gasteiger charge is -2.23. The summed E-state index contributed by atoms with van der Waals surface area (Å²) in [6.07, 6.45) is 7.21. The molecule has 0 saturated heterocycles. The minimum Gasteiger partial charge on any atom is -0.368 e. The number of hydrogen-bond donors (Lipinski definition) is 2. The second-order valence-corrected chi connectivity index (χ2v) is 4.73. The van der Waals surface area contributed by atoms with Crippen LogP contribution in [0.15, 0.2) is 12.3 Å². The SMILES string of the molecule is Nc1nccc(NC2CC3CCC2C3)n1. The van der Waals surface area contributed by atoms with Gasteiger partial charge in [-0.2, -0.15) is 4.98 Å². The lowest BCUT2D eigenvalue weighted by Crippen LogP contribution is -2.26. The van der Waals surface area contributed by atoms with E-state index in [-0.39, 0.29) is 0 Å². The number of aromatic nitrogens is 2. The average Bonchev–Trinajstić information content (AvgIpc) is 2.79. The summed E-state index contributed by atoms with van der Waals surface area (Å²) in [6, 6.07) is 2.50. The first-order valence-electron chi connectivity index (χ1n) is 5.66. The highest BCUT2D eigenvalue weighted by atomic mass is 15.1. The van der Waals surface area contributed by atoms with Crippen LogP contribution in [-0.4, -0.2) is 16.0 Å². The highest BCUT2D eigenvalue weighted by Gasteiger charge is 2.39. The van der Waals surface area contributed by atoms with Gasteiger partial charge in [0.15, 0.2) is 0 Å². The summed E-state index contributed by atoms with van der Waals surface area (Å²) >= 11 is 0. The van der Waals surface area contributed by atoms with Crippen LogP contribution >= 0.6 is 0 Å². The largest absolute Gasteiger partial charge is 0.368 e. The minimum atomic E-state index is 0.350. The number of nitrogens with zero attached hydrogens (tertiary/aromatic N) is 2. The van der Waals surface area contributed by atoms with Crippen LogP contribution in [0.25, 0.3) is 0 Å². The predicted molar refractivity (Wildman–Crippen MR) is 59.3 cm³/mol. The molecule has 2 saturated carbocycles. The molecule has 0 aromatic carbocycles. The molecule has 0 spiro atoms. The van der Waals surface area contributed by atoms with Crippen molar-refractivity contribution in [2.45, 2.75) is 31.7 Å². The Kier molecular flexibility index (Phi) is 2.01. The minimum absolute atomic E-state index is 0.350. The lowest BCUT2D eigenvalue weighted by atomic mass is 9.95. The summed E-state index contributed by atoms with van der Waals surface area (Å²) < 4.78 is 0. The molecule has 2 fully saturated rings. The predicted octanol–water partition coefficient (Wildman–Crippen LogP) is 1.66. The molecular formula is C11H16N4. The third-order valence-corrected chi connectivity index (χ3v) is 3.75. The molecule has 4 nitrogen and oxygen atoms in total. The first-order chi connectivity index (χ1) is 7.31. The smallest absolute Gasteiger partial charge is 0.221 e. The summed E-state index contributed by atoms with van der Waals surface area (Å²) in [7, 11) is 0. The highest BCUT2D eigenvalue weighted by molar-refractivity contribution is 5.39. The van der Waals surface area contributed by atoms with Gasteiger partial charge in [0.05, 0.1) is 0 Å². The van der Waals surface area contributed by atoms with Crippen LogP contribution in [0.4, 0.5) is 11.8 Å². The van der Waals surface area contributed by atoms with Gasteiger partial charge in [-0.05, 0) is 37.2 Å². The van der Waals surface area contributed by atoms with Crippen LogP contribution in [0.2, 0.25) is 0 Å². The highest BCUT2D eigenvalue weighted by Crippen LogP contribution is 2.45. The van der Waals surface area contributed by atoms with Gasteiger partial charge in [-0.15, -0.1) is 0 Å². The molecule has 2 aliphatic carbocycles. The normalized spacial score (nSPS) is 33.2. The molecule has 1 aromatic rings. The summed E-state index contributed by atoms with van der Waals surface area (Å²) in [6.45, 7) is 0. The molecule has 3 rings (SSSR count). The van der Waals surface area contributed by atoms with Gasteiger partial charge in [-0.3, -0.25) is 0 Å². The monoisotopic (exact) mass is 204 g/mol. The van der Waals surface area contributed by atoms with Crippen LogP contribution < -0.4 is 11.1 Å². The number of nitrogen functional groups attached to an aromatic ring is 1. The summed E-state index contributed by atoms with van der Waals surface area (Å²) in [5, 5.41) is 3.48. The van der Waals surface area contributed by atoms with Crippen molar-refractivity contribution in [2.75, 3.05) is 11.1 Å². The molecular weight excluding hydrogens is 188 g/mol. The maximum absolute atomic E-state index is 5.55. The van der Waals surface area contributed by atoms with Crippen LogP contribution in [0.3, 0.4) is 0 Å². The van der Waals surface area contributed by atoms with Gasteiger partial charge in [-0.1, -0.05) is 6.42 Å². The molecule has 80 valence electrons. The quantitative estimate of drug-likeness (QED) is 0.769. The van der Waals surface area contributed by atoms with Gasteiger partial charge < -0.3 is 11.1 Å². The van der Waals surface area contributed by atoms with E-state index in [2.05, 4.69) is 15.3 Å². The Labute approximate surface area is 89.3 Å². The van der Waals surface area contributed by atoms with Crippen LogP contribution in [0.5, 0.6) is 0 Å². The third-order valence-electron chi connectivity index (χ3n) is 3.75. The summed E-state index contributed by atoms with van der Waals surface area (Å²) in [5.41, 5.74) is 5.55. The van der Waals surface area contributed by atoms with Gasteiger partial charge in [0.25, 0.3) is 0 Å². The number of hydrogen-bond acceptors (Lipinski definition) is 4. The molecule has 3 atom stereocenters. The van der Waals surface area contributed by atoms with E-state index < -0.39 is 0 Å². The molecule has 0 aliphatic heterocycles. The maximum Gasteiger partial charge on any atom is 0.221 e. The Balaban J connectivity index is 1.71. The van der Waals surface area contributed by atoms with E-state index in [0.29, 0.717) is 12.0 Å². The van der Waals surface area contributed by atoms with E-state index in [1.54, 1.807) is 6.20 Å². The van der Waals surface area contributed by atoms with Crippen molar-refractivity contribution < 1.29 is 0 Å². The van der Waals surface area contributed by atoms with Gasteiger partial charge >= 0.3 is 0 Å². The molecule has 1 heterocycles. The van der Waals surface area contributed by atoms with Crippen molar-refractivity contribution in [3.63, 3.8) is 0 Å². The van der Waals surface area contributed by atoms with E-state index in [1.165, 1.54) is 25.7 Å². The molecule has 4 heteroatoms. The Bertz CT molecular complexity index is 365. The Morgan fingerprint density at radius 3 is 2.93 bits per heavy atom. The molecule has 0 radical (unpaired) electrons.